The molecule has 2 heterocycles. The second kappa shape index (κ2) is 13.8. The van der Waals surface area contributed by atoms with Crippen LogP contribution in [0.4, 0.5) is 0 Å². The number of nitrogens with zero attached hydrogens (tertiary/aromatic N) is 2. The molecule has 4 atom stereocenters. The average molecular weight is 483 g/mol. The van der Waals surface area contributed by atoms with Gasteiger partial charge in [0.25, 0.3) is 11.8 Å². The molecule has 2 rings (SSSR count). The van der Waals surface area contributed by atoms with Crippen molar-refractivity contribution in [3.63, 3.8) is 0 Å². The lowest BCUT2D eigenvalue weighted by Gasteiger charge is -2.25. The number of rotatable bonds is 12. The highest BCUT2D eigenvalue weighted by molar-refractivity contribution is 5.98. The molecule has 0 aliphatic carbocycles. The Morgan fingerprint density at radius 2 is 1.03 bits per heavy atom. The van der Waals surface area contributed by atoms with Crippen LogP contribution in [0, 0.1) is 11.8 Å². The van der Waals surface area contributed by atoms with Crippen molar-refractivity contribution in [3.05, 3.63) is 60.2 Å². The van der Waals surface area contributed by atoms with Crippen LogP contribution in [-0.2, 0) is 9.59 Å². The van der Waals surface area contributed by atoms with E-state index in [2.05, 4.69) is 31.2 Å². The van der Waals surface area contributed by atoms with Crippen molar-refractivity contribution in [1.29, 1.82) is 0 Å². The Morgan fingerprint density at radius 1 is 0.686 bits per heavy atom. The van der Waals surface area contributed by atoms with Crippen molar-refractivity contribution in [1.82, 2.24) is 31.2 Å². The van der Waals surface area contributed by atoms with Crippen LogP contribution in [0.15, 0.2) is 49.1 Å². The van der Waals surface area contributed by atoms with E-state index in [1.807, 2.05) is 27.7 Å². The largest absolute Gasteiger partial charge is 0.340 e. The summed E-state index contributed by atoms with van der Waals surface area (Å²) in [4.78, 5) is 58.6. The molecule has 188 valence electrons. The van der Waals surface area contributed by atoms with Crippen LogP contribution in [0.2, 0.25) is 0 Å². The summed E-state index contributed by atoms with van der Waals surface area (Å²) in [6, 6.07) is 4.70. The van der Waals surface area contributed by atoms with Gasteiger partial charge in [-0.3, -0.25) is 29.1 Å². The minimum atomic E-state index is -0.783. The first-order valence-electron chi connectivity index (χ1n) is 11.8. The number of carbonyl (C=O) groups is 4. The normalized spacial score (nSPS) is 14.1. The molecule has 0 saturated carbocycles. The molecular weight excluding hydrogens is 448 g/mol. The fraction of sp³-hybridized carbons (Fsp3) is 0.440. The lowest BCUT2D eigenvalue weighted by molar-refractivity contribution is -0.126. The Balaban J connectivity index is 1.97. The first-order valence-corrected chi connectivity index (χ1v) is 11.8. The Hall–Kier alpha value is -3.82. The average Bonchev–Trinajstić information content (AvgIpc) is 2.89. The summed E-state index contributed by atoms with van der Waals surface area (Å²) in [5.74, 6) is -1.86. The Kier molecular flexibility index (Phi) is 10.8. The highest BCUT2D eigenvalue weighted by Crippen LogP contribution is 2.11. The number of nitrogens with one attached hydrogen (secondary N) is 4. The molecule has 2 aromatic heterocycles. The van der Waals surface area contributed by atoms with Crippen LogP contribution in [-0.4, -0.2) is 52.3 Å². The van der Waals surface area contributed by atoms with Gasteiger partial charge in [0, 0.05) is 35.9 Å². The number of hydrogen-bond donors (Lipinski definition) is 4. The number of amides is 4. The monoisotopic (exact) mass is 482 g/mol. The second-order valence-corrected chi connectivity index (χ2v) is 8.40. The summed E-state index contributed by atoms with van der Waals surface area (Å²) in [5.41, 5.74) is 0.798. The number of carbonyl (C=O) groups excluding carboxylic acids is 4. The fourth-order valence-electron chi connectivity index (χ4n) is 3.30. The maximum atomic E-state index is 12.8. The first kappa shape index (κ1) is 27.4. The lowest BCUT2D eigenvalue weighted by atomic mass is 9.97. The van der Waals surface area contributed by atoms with Crippen molar-refractivity contribution < 1.29 is 19.2 Å². The first-order chi connectivity index (χ1) is 16.8. The summed E-state index contributed by atoms with van der Waals surface area (Å²) < 4.78 is 0. The van der Waals surface area contributed by atoms with Gasteiger partial charge in [-0.05, 0) is 36.1 Å². The molecule has 0 radical (unpaired) electrons. The molecule has 4 amide bonds. The standard InChI is InChI=1S/C25H34N6O4/c1-5-16(3)20(30-22(32)18-7-11-26-12-8-18)24(34)28-15-29-25(35)21(17(4)6-2)31-23(33)19-9-13-27-14-10-19/h7-14,16-17,20-21H,5-6,15H2,1-4H3,(H,28,34)(H,29,35)(H,30,32)(H,31,33)/t16?,17?,20-,21-/m0/s1. The topological polar surface area (TPSA) is 142 Å². The summed E-state index contributed by atoms with van der Waals surface area (Å²) in [5, 5.41) is 10.9. The summed E-state index contributed by atoms with van der Waals surface area (Å²) in [6.45, 7) is 7.43. The molecule has 4 N–H and O–H groups in total. The number of aromatic nitrogens is 2. The molecule has 0 bridgehead atoms. The fourth-order valence-corrected chi connectivity index (χ4v) is 3.30. The molecule has 0 spiro atoms. The van der Waals surface area contributed by atoms with Gasteiger partial charge in [0.1, 0.15) is 12.1 Å². The van der Waals surface area contributed by atoms with E-state index in [9.17, 15) is 19.2 Å². The zero-order chi connectivity index (χ0) is 25.8. The molecule has 0 saturated heterocycles. The highest BCUT2D eigenvalue weighted by atomic mass is 16.2. The van der Waals surface area contributed by atoms with Crippen molar-refractivity contribution in [3.8, 4) is 0 Å². The van der Waals surface area contributed by atoms with Crippen molar-refractivity contribution in [2.24, 2.45) is 11.8 Å². The van der Waals surface area contributed by atoms with Crippen LogP contribution < -0.4 is 21.3 Å². The van der Waals surface area contributed by atoms with Gasteiger partial charge in [-0.2, -0.15) is 0 Å². The van der Waals surface area contributed by atoms with Gasteiger partial charge in [-0.25, -0.2) is 0 Å². The van der Waals surface area contributed by atoms with E-state index in [4.69, 9.17) is 0 Å². The smallest absolute Gasteiger partial charge is 0.252 e. The molecule has 10 nitrogen and oxygen atoms in total. The number of pyridine rings is 2. The third-order valence-electron chi connectivity index (χ3n) is 5.97. The second-order valence-electron chi connectivity index (χ2n) is 8.40. The summed E-state index contributed by atoms with van der Waals surface area (Å²) in [6.07, 6.45) is 7.35. The third-order valence-corrected chi connectivity index (χ3v) is 5.97. The highest BCUT2D eigenvalue weighted by Gasteiger charge is 2.28. The zero-order valence-corrected chi connectivity index (χ0v) is 20.6. The number of hydrogen-bond acceptors (Lipinski definition) is 6. The van der Waals surface area contributed by atoms with E-state index >= 15 is 0 Å². The maximum Gasteiger partial charge on any atom is 0.252 e. The summed E-state index contributed by atoms with van der Waals surface area (Å²) in [7, 11) is 0. The lowest BCUT2D eigenvalue weighted by Crippen LogP contribution is -2.55. The van der Waals surface area contributed by atoms with Gasteiger partial charge in [0.05, 0.1) is 6.67 Å². The van der Waals surface area contributed by atoms with Gasteiger partial charge in [-0.15, -0.1) is 0 Å². The van der Waals surface area contributed by atoms with Crippen LogP contribution in [0.1, 0.15) is 61.3 Å². The van der Waals surface area contributed by atoms with E-state index in [0.717, 1.165) is 0 Å². The molecule has 35 heavy (non-hydrogen) atoms. The van der Waals surface area contributed by atoms with Gasteiger partial charge >= 0.3 is 0 Å². The minimum absolute atomic E-state index is 0.135. The van der Waals surface area contributed by atoms with E-state index < -0.39 is 23.9 Å². The molecule has 10 heteroatoms. The van der Waals surface area contributed by atoms with Crippen molar-refractivity contribution in [2.45, 2.75) is 52.6 Å². The molecule has 0 aromatic carbocycles. The predicted molar refractivity (Wildman–Crippen MR) is 131 cm³/mol. The van der Waals surface area contributed by atoms with Crippen LogP contribution in [0.5, 0.6) is 0 Å². The predicted octanol–water partition coefficient (Wildman–Crippen LogP) is 1.66. The van der Waals surface area contributed by atoms with Gasteiger partial charge in [0.2, 0.25) is 11.8 Å². The molecule has 0 fully saturated rings. The Labute approximate surface area is 205 Å². The van der Waals surface area contributed by atoms with Crippen LogP contribution in [0.25, 0.3) is 0 Å². The molecule has 2 aromatic rings. The molecule has 2 unspecified atom stereocenters. The Morgan fingerprint density at radius 3 is 1.34 bits per heavy atom. The van der Waals surface area contributed by atoms with E-state index in [1.165, 1.54) is 24.8 Å². The maximum absolute atomic E-state index is 12.8. The quantitative estimate of drug-likeness (QED) is 0.339. The van der Waals surface area contributed by atoms with Gasteiger partial charge in [0.15, 0.2) is 0 Å². The zero-order valence-electron chi connectivity index (χ0n) is 20.6. The van der Waals surface area contributed by atoms with E-state index in [0.29, 0.717) is 24.0 Å². The molecule has 0 aliphatic heterocycles. The molecule has 0 aliphatic rings. The molecular formula is C25H34N6O4. The SMILES string of the molecule is CCC(C)[C@H](NC(=O)c1ccncc1)C(=O)NCNC(=O)[C@@H](NC(=O)c1ccncc1)C(C)CC. The van der Waals surface area contributed by atoms with E-state index in [1.54, 1.807) is 24.3 Å². The van der Waals surface area contributed by atoms with Crippen molar-refractivity contribution >= 4 is 23.6 Å². The van der Waals surface area contributed by atoms with Crippen LogP contribution >= 0.6 is 0 Å². The Bertz CT molecular complexity index is 906. The summed E-state index contributed by atoms with van der Waals surface area (Å²) >= 11 is 0. The third kappa shape index (κ3) is 8.16. The minimum Gasteiger partial charge on any atom is -0.340 e. The van der Waals surface area contributed by atoms with Crippen LogP contribution in [0.3, 0.4) is 0 Å². The van der Waals surface area contributed by atoms with Crippen molar-refractivity contribution in [2.75, 3.05) is 6.67 Å². The van der Waals surface area contributed by atoms with E-state index in [-0.39, 0.29) is 30.3 Å². The van der Waals surface area contributed by atoms with Gasteiger partial charge < -0.3 is 21.3 Å². The van der Waals surface area contributed by atoms with Gasteiger partial charge in [-0.1, -0.05) is 40.5 Å².